The highest BCUT2D eigenvalue weighted by molar-refractivity contribution is 6.21. The van der Waals surface area contributed by atoms with Crippen molar-refractivity contribution in [2.75, 3.05) is 6.61 Å². The zero-order chi connectivity index (χ0) is 11.8. The predicted molar refractivity (Wildman–Crippen MR) is 68.5 cm³/mol. The van der Waals surface area contributed by atoms with Crippen LogP contribution < -0.4 is 4.74 Å². The highest BCUT2D eigenvalue weighted by Gasteiger charge is 2.19. The van der Waals surface area contributed by atoms with E-state index in [0.29, 0.717) is 17.9 Å². The molecule has 0 unspecified atom stereocenters. The molecule has 0 aromatic heterocycles. The van der Waals surface area contributed by atoms with Crippen molar-refractivity contribution in [1.82, 2.24) is 0 Å². The highest BCUT2D eigenvalue weighted by Crippen LogP contribution is 2.34. The topological polar surface area (TPSA) is 26.3 Å². The molecule has 2 heteroatoms. The van der Waals surface area contributed by atoms with Crippen LogP contribution in [0.4, 0.5) is 0 Å². The molecule has 1 aliphatic rings. The second kappa shape index (κ2) is 3.74. The van der Waals surface area contributed by atoms with Gasteiger partial charge in [0.25, 0.3) is 0 Å². The number of hydrogen-bond acceptors (Lipinski definition) is 2. The van der Waals surface area contributed by atoms with Crippen LogP contribution in [0.3, 0.4) is 0 Å². The molecular weight excluding hydrogens is 212 g/mol. The summed E-state index contributed by atoms with van der Waals surface area (Å²) in [5.74, 6) is 0.708. The number of ether oxygens (including phenoxy) is 1. The Morgan fingerprint density at radius 2 is 2.00 bits per heavy atom. The van der Waals surface area contributed by atoms with Crippen LogP contribution in [-0.2, 0) is 0 Å². The van der Waals surface area contributed by atoms with Crippen LogP contribution in [0, 0.1) is 0 Å². The summed E-state index contributed by atoms with van der Waals surface area (Å²) in [5, 5.41) is 2.09. The Hall–Kier alpha value is -2.09. The lowest BCUT2D eigenvalue weighted by Gasteiger charge is -2.15. The van der Waals surface area contributed by atoms with Crippen LogP contribution in [0.25, 0.3) is 16.8 Å². The summed E-state index contributed by atoms with van der Waals surface area (Å²) < 4.78 is 5.54. The quantitative estimate of drug-likeness (QED) is 0.781. The van der Waals surface area contributed by atoms with Crippen molar-refractivity contribution in [1.29, 1.82) is 0 Å². The standard InChI is InChI=1S/C15H12O2/c1-2-17-13-9-7-11-5-3-4-10-6-8-12(16)15(13)14(10)11/h3-9H,2H2,1H3. The largest absolute Gasteiger partial charge is 0.493 e. The summed E-state index contributed by atoms with van der Waals surface area (Å²) >= 11 is 0. The van der Waals surface area contributed by atoms with E-state index in [9.17, 15) is 4.79 Å². The second-order valence-corrected chi connectivity index (χ2v) is 4.01. The van der Waals surface area contributed by atoms with Gasteiger partial charge in [-0.25, -0.2) is 0 Å². The van der Waals surface area contributed by atoms with Crippen molar-refractivity contribution >= 4 is 22.6 Å². The molecule has 2 aromatic rings. The first-order valence-electron chi connectivity index (χ1n) is 5.72. The fourth-order valence-electron chi connectivity index (χ4n) is 2.30. The molecule has 3 rings (SSSR count). The van der Waals surface area contributed by atoms with Gasteiger partial charge < -0.3 is 4.74 Å². The van der Waals surface area contributed by atoms with Gasteiger partial charge in [0.15, 0.2) is 5.78 Å². The summed E-state index contributed by atoms with van der Waals surface area (Å²) in [4.78, 5) is 12.0. The molecule has 0 atom stereocenters. The predicted octanol–water partition coefficient (Wildman–Crippen LogP) is 3.45. The Morgan fingerprint density at radius 3 is 2.82 bits per heavy atom. The van der Waals surface area contributed by atoms with E-state index in [1.54, 1.807) is 6.08 Å². The van der Waals surface area contributed by atoms with Crippen molar-refractivity contribution in [2.45, 2.75) is 6.92 Å². The van der Waals surface area contributed by atoms with E-state index in [-0.39, 0.29) is 5.78 Å². The van der Waals surface area contributed by atoms with Gasteiger partial charge >= 0.3 is 0 Å². The molecule has 0 N–H and O–H groups in total. The number of hydrogen-bond donors (Lipinski definition) is 0. The molecule has 2 aromatic carbocycles. The normalized spacial score (nSPS) is 13.1. The van der Waals surface area contributed by atoms with E-state index in [1.807, 2.05) is 43.3 Å². The van der Waals surface area contributed by atoms with Crippen LogP contribution in [0.1, 0.15) is 22.8 Å². The van der Waals surface area contributed by atoms with Gasteiger partial charge in [0, 0.05) is 5.39 Å². The molecule has 0 spiro atoms. The zero-order valence-corrected chi connectivity index (χ0v) is 9.57. The van der Waals surface area contributed by atoms with E-state index in [4.69, 9.17) is 4.74 Å². The SMILES string of the molecule is CCOc1ccc2cccc3c2c1C(=O)C=C3. The van der Waals surface area contributed by atoms with E-state index >= 15 is 0 Å². The Labute approximate surface area is 99.5 Å². The Bertz CT molecular complexity index is 639. The molecule has 0 bridgehead atoms. The smallest absolute Gasteiger partial charge is 0.190 e. The summed E-state index contributed by atoms with van der Waals surface area (Å²) in [5.41, 5.74) is 1.78. The molecule has 0 saturated heterocycles. The van der Waals surface area contributed by atoms with Crippen molar-refractivity contribution in [3.05, 3.63) is 47.5 Å². The first kappa shape index (κ1) is 10.1. The zero-order valence-electron chi connectivity index (χ0n) is 9.57. The molecule has 0 heterocycles. The van der Waals surface area contributed by atoms with Gasteiger partial charge in [-0.1, -0.05) is 30.3 Å². The first-order valence-corrected chi connectivity index (χ1v) is 5.72. The van der Waals surface area contributed by atoms with Crippen LogP contribution in [0.2, 0.25) is 0 Å². The highest BCUT2D eigenvalue weighted by atomic mass is 16.5. The number of rotatable bonds is 2. The summed E-state index contributed by atoms with van der Waals surface area (Å²) in [6, 6.07) is 9.92. The molecule has 0 aliphatic heterocycles. The van der Waals surface area contributed by atoms with Crippen LogP contribution in [-0.4, -0.2) is 12.4 Å². The summed E-state index contributed by atoms with van der Waals surface area (Å²) in [6.45, 7) is 2.49. The number of allylic oxidation sites excluding steroid dienone is 1. The molecular formula is C15H12O2. The molecule has 84 valence electrons. The third-order valence-corrected chi connectivity index (χ3v) is 3.00. The number of carbonyl (C=O) groups excluding carboxylic acids is 1. The molecule has 0 radical (unpaired) electrons. The monoisotopic (exact) mass is 224 g/mol. The Kier molecular flexibility index (Phi) is 2.22. The molecule has 17 heavy (non-hydrogen) atoms. The van der Waals surface area contributed by atoms with Gasteiger partial charge in [-0.2, -0.15) is 0 Å². The summed E-state index contributed by atoms with van der Waals surface area (Å²) in [7, 11) is 0. The van der Waals surface area contributed by atoms with Crippen molar-refractivity contribution in [3.63, 3.8) is 0 Å². The fraction of sp³-hybridized carbons (Fsp3) is 0.133. The number of carbonyl (C=O) groups is 1. The molecule has 1 aliphatic carbocycles. The minimum absolute atomic E-state index is 0.0257. The maximum absolute atomic E-state index is 12.0. The minimum Gasteiger partial charge on any atom is -0.493 e. The van der Waals surface area contributed by atoms with E-state index in [0.717, 1.165) is 16.3 Å². The third-order valence-electron chi connectivity index (χ3n) is 3.00. The summed E-state index contributed by atoms with van der Waals surface area (Å²) in [6.07, 6.45) is 3.48. The van der Waals surface area contributed by atoms with Gasteiger partial charge in [0.1, 0.15) is 5.75 Å². The van der Waals surface area contributed by atoms with Gasteiger partial charge in [0.2, 0.25) is 0 Å². The fourth-order valence-corrected chi connectivity index (χ4v) is 2.30. The average Bonchev–Trinajstić information content (AvgIpc) is 2.35. The maximum Gasteiger partial charge on any atom is 0.190 e. The van der Waals surface area contributed by atoms with Crippen molar-refractivity contribution in [3.8, 4) is 5.75 Å². The Morgan fingerprint density at radius 1 is 1.12 bits per heavy atom. The average molecular weight is 224 g/mol. The second-order valence-electron chi connectivity index (χ2n) is 4.01. The van der Waals surface area contributed by atoms with E-state index in [1.165, 1.54) is 0 Å². The van der Waals surface area contributed by atoms with Gasteiger partial charge in [-0.3, -0.25) is 4.79 Å². The molecule has 0 amide bonds. The number of benzene rings is 2. The minimum atomic E-state index is 0.0257. The number of ketones is 1. The van der Waals surface area contributed by atoms with Gasteiger partial charge in [-0.15, -0.1) is 0 Å². The maximum atomic E-state index is 12.0. The first-order chi connectivity index (χ1) is 8.31. The van der Waals surface area contributed by atoms with Crippen molar-refractivity contribution < 1.29 is 9.53 Å². The van der Waals surface area contributed by atoms with Gasteiger partial charge in [0.05, 0.1) is 12.2 Å². The van der Waals surface area contributed by atoms with E-state index < -0.39 is 0 Å². The van der Waals surface area contributed by atoms with Crippen LogP contribution in [0.5, 0.6) is 5.75 Å². The lowest BCUT2D eigenvalue weighted by molar-refractivity contribution is 0.104. The van der Waals surface area contributed by atoms with Crippen LogP contribution >= 0.6 is 0 Å². The molecule has 0 saturated carbocycles. The lowest BCUT2D eigenvalue weighted by Crippen LogP contribution is -2.06. The van der Waals surface area contributed by atoms with Crippen molar-refractivity contribution in [2.24, 2.45) is 0 Å². The lowest BCUT2D eigenvalue weighted by atomic mass is 9.92. The van der Waals surface area contributed by atoms with Crippen LogP contribution in [0.15, 0.2) is 36.4 Å². The van der Waals surface area contributed by atoms with Gasteiger partial charge in [-0.05, 0) is 30.0 Å². The molecule has 2 nitrogen and oxygen atoms in total. The molecule has 0 fully saturated rings. The Balaban J connectivity index is 2.41. The third kappa shape index (κ3) is 1.45. The van der Waals surface area contributed by atoms with E-state index in [2.05, 4.69) is 0 Å².